The maximum absolute atomic E-state index is 12.9. The molecule has 2 aromatic carbocycles. The van der Waals surface area contributed by atoms with Gasteiger partial charge in [0.05, 0.1) is 0 Å². The topological polar surface area (TPSA) is 87.0 Å². The highest BCUT2D eigenvalue weighted by molar-refractivity contribution is 5.97. The normalized spacial score (nSPS) is 11.3. The summed E-state index contributed by atoms with van der Waals surface area (Å²) in [6.07, 6.45) is 0. The van der Waals surface area contributed by atoms with Gasteiger partial charge in [-0.3, -0.25) is 0 Å². The molecule has 7 heteroatoms. The van der Waals surface area contributed by atoms with Gasteiger partial charge in [-0.15, -0.1) is 0 Å². The summed E-state index contributed by atoms with van der Waals surface area (Å²) in [5.41, 5.74) is 8.23. The van der Waals surface area contributed by atoms with E-state index in [0.717, 1.165) is 16.9 Å². The van der Waals surface area contributed by atoms with E-state index in [1.807, 2.05) is 32.0 Å². The van der Waals surface area contributed by atoms with Crippen molar-refractivity contribution in [3.8, 4) is 5.75 Å². The van der Waals surface area contributed by atoms with E-state index in [1.54, 1.807) is 6.07 Å². The van der Waals surface area contributed by atoms with Crippen LogP contribution in [0.2, 0.25) is 0 Å². The molecule has 0 unspecified atom stereocenters. The molecule has 28 heavy (non-hydrogen) atoms. The van der Waals surface area contributed by atoms with Gasteiger partial charge in [-0.2, -0.15) is 0 Å². The molecule has 0 atom stereocenters. The number of aryl methyl sites for hydroxylation is 2. The summed E-state index contributed by atoms with van der Waals surface area (Å²) in [7, 11) is 0. The molecule has 3 rings (SSSR count). The summed E-state index contributed by atoms with van der Waals surface area (Å²) in [6, 6.07) is 14.3. The zero-order valence-corrected chi connectivity index (χ0v) is 15.4. The number of oxime groups is 1. The van der Waals surface area contributed by atoms with Gasteiger partial charge in [0.2, 0.25) is 5.76 Å². The first kappa shape index (κ1) is 19.2. The van der Waals surface area contributed by atoms with Crippen molar-refractivity contribution >= 4 is 11.8 Å². The van der Waals surface area contributed by atoms with E-state index in [2.05, 4.69) is 5.16 Å². The number of furan rings is 1. The first-order chi connectivity index (χ1) is 13.4. The fourth-order valence-corrected chi connectivity index (χ4v) is 2.39. The largest absolute Gasteiger partial charge is 0.485 e. The van der Waals surface area contributed by atoms with Crippen LogP contribution in [0.5, 0.6) is 5.75 Å². The van der Waals surface area contributed by atoms with Gasteiger partial charge in [0.15, 0.2) is 5.84 Å². The number of hydrogen-bond donors (Lipinski definition) is 1. The molecule has 0 spiro atoms. The van der Waals surface area contributed by atoms with Crippen LogP contribution in [0.3, 0.4) is 0 Å². The number of halogens is 1. The minimum Gasteiger partial charge on any atom is -0.485 e. The monoisotopic (exact) mass is 382 g/mol. The standard InChI is InChI=1S/C21H19FN2O4/c1-13-3-4-14(2)19(11-13)26-12-17-9-10-18(27-17)21(25)28-24-20(23)15-5-7-16(22)8-6-15/h3-11H,12H2,1-2H3,(H2,23,24). The summed E-state index contributed by atoms with van der Waals surface area (Å²) in [4.78, 5) is 16.8. The number of ether oxygens (including phenoxy) is 1. The molecule has 0 fully saturated rings. The first-order valence-electron chi connectivity index (χ1n) is 8.52. The van der Waals surface area contributed by atoms with E-state index >= 15 is 0 Å². The molecule has 0 radical (unpaired) electrons. The van der Waals surface area contributed by atoms with Crippen molar-refractivity contribution in [1.29, 1.82) is 0 Å². The zero-order valence-electron chi connectivity index (χ0n) is 15.4. The van der Waals surface area contributed by atoms with E-state index in [-0.39, 0.29) is 18.2 Å². The van der Waals surface area contributed by atoms with Crippen LogP contribution in [0.1, 0.15) is 33.0 Å². The van der Waals surface area contributed by atoms with Crippen LogP contribution < -0.4 is 10.5 Å². The van der Waals surface area contributed by atoms with E-state index in [1.165, 1.54) is 30.3 Å². The summed E-state index contributed by atoms with van der Waals surface area (Å²) < 4.78 is 24.1. The molecule has 0 bridgehead atoms. The number of benzene rings is 2. The molecule has 0 aliphatic heterocycles. The Hall–Kier alpha value is -3.61. The van der Waals surface area contributed by atoms with E-state index in [0.29, 0.717) is 11.3 Å². The summed E-state index contributed by atoms with van der Waals surface area (Å²) in [6.45, 7) is 4.09. The van der Waals surface area contributed by atoms with Crippen molar-refractivity contribution in [2.75, 3.05) is 0 Å². The SMILES string of the molecule is Cc1ccc(C)c(OCc2ccc(C(=O)O/N=C(\N)c3ccc(F)cc3)o2)c1. The molecule has 6 nitrogen and oxygen atoms in total. The highest BCUT2D eigenvalue weighted by atomic mass is 19.1. The van der Waals surface area contributed by atoms with Gasteiger partial charge in [0.1, 0.15) is 23.9 Å². The van der Waals surface area contributed by atoms with Crippen molar-refractivity contribution in [2.45, 2.75) is 20.5 Å². The lowest BCUT2D eigenvalue weighted by Crippen LogP contribution is -2.15. The highest BCUT2D eigenvalue weighted by Crippen LogP contribution is 2.21. The van der Waals surface area contributed by atoms with Crippen LogP contribution in [-0.2, 0) is 11.4 Å². The first-order valence-corrected chi connectivity index (χ1v) is 8.52. The maximum Gasteiger partial charge on any atom is 0.400 e. The Bertz CT molecular complexity index is 1010. The van der Waals surface area contributed by atoms with Gasteiger partial charge in [-0.1, -0.05) is 17.3 Å². The number of carbonyl (C=O) groups is 1. The second-order valence-corrected chi connectivity index (χ2v) is 6.19. The van der Waals surface area contributed by atoms with Crippen LogP contribution >= 0.6 is 0 Å². The minimum absolute atomic E-state index is 0.0322. The van der Waals surface area contributed by atoms with Crippen molar-refractivity contribution in [3.05, 3.63) is 88.6 Å². The number of nitrogens with zero attached hydrogens (tertiary/aromatic N) is 1. The number of hydrogen-bond acceptors (Lipinski definition) is 5. The van der Waals surface area contributed by atoms with Crippen LogP contribution in [0.4, 0.5) is 4.39 Å². The molecule has 0 saturated heterocycles. The number of rotatable bonds is 6. The lowest BCUT2D eigenvalue weighted by molar-refractivity contribution is 0.0475. The lowest BCUT2D eigenvalue weighted by atomic mass is 10.1. The Morgan fingerprint density at radius 2 is 1.86 bits per heavy atom. The molecule has 0 aliphatic carbocycles. The second kappa shape index (κ2) is 8.39. The molecular formula is C21H19FN2O4. The average molecular weight is 382 g/mol. The molecule has 0 saturated carbocycles. The summed E-state index contributed by atoms with van der Waals surface area (Å²) in [5, 5.41) is 3.56. The Kier molecular flexibility index (Phi) is 5.74. The quantitative estimate of drug-likeness (QED) is 0.300. The molecule has 144 valence electrons. The van der Waals surface area contributed by atoms with Gasteiger partial charge in [-0.05, 0) is 67.4 Å². The van der Waals surface area contributed by atoms with E-state index in [9.17, 15) is 9.18 Å². The lowest BCUT2D eigenvalue weighted by Gasteiger charge is -2.08. The van der Waals surface area contributed by atoms with E-state index in [4.69, 9.17) is 19.7 Å². The Balaban J connectivity index is 1.60. The fourth-order valence-electron chi connectivity index (χ4n) is 2.39. The average Bonchev–Trinajstić information content (AvgIpc) is 3.16. The number of carbonyl (C=O) groups excluding carboxylic acids is 1. The summed E-state index contributed by atoms with van der Waals surface area (Å²) in [5.74, 6) is -0.0862. The molecule has 2 N–H and O–H groups in total. The molecular weight excluding hydrogens is 363 g/mol. The maximum atomic E-state index is 12.9. The zero-order chi connectivity index (χ0) is 20.1. The van der Waals surface area contributed by atoms with Crippen LogP contribution in [-0.4, -0.2) is 11.8 Å². The Morgan fingerprint density at radius 1 is 1.11 bits per heavy atom. The van der Waals surface area contributed by atoms with Crippen LogP contribution in [0, 0.1) is 19.7 Å². The third-order valence-corrected chi connectivity index (χ3v) is 3.94. The molecule has 3 aromatic rings. The number of amidine groups is 1. The van der Waals surface area contributed by atoms with Crippen molar-refractivity contribution < 1.29 is 23.2 Å². The second-order valence-electron chi connectivity index (χ2n) is 6.19. The van der Waals surface area contributed by atoms with Crippen molar-refractivity contribution in [3.63, 3.8) is 0 Å². The van der Waals surface area contributed by atoms with Gasteiger partial charge in [0.25, 0.3) is 0 Å². The van der Waals surface area contributed by atoms with Gasteiger partial charge >= 0.3 is 5.97 Å². The molecule has 0 amide bonds. The van der Waals surface area contributed by atoms with Gasteiger partial charge in [0, 0.05) is 5.56 Å². The van der Waals surface area contributed by atoms with Crippen molar-refractivity contribution in [2.24, 2.45) is 10.9 Å². The van der Waals surface area contributed by atoms with Crippen molar-refractivity contribution in [1.82, 2.24) is 0 Å². The number of nitrogens with two attached hydrogens (primary N) is 1. The fraction of sp³-hybridized carbons (Fsp3) is 0.143. The highest BCUT2D eigenvalue weighted by Gasteiger charge is 2.14. The minimum atomic E-state index is -0.803. The van der Waals surface area contributed by atoms with E-state index < -0.39 is 11.8 Å². The predicted molar refractivity (Wildman–Crippen MR) is 101 cm³/mol. The predicted octanol–water partition coefficient (Wildman–Crippen LogP) is 4.09. The van der Waals surface area contributed by atoms with Crippen LogP contribution in [0.15, 0.2) is 64.2 Å². The Morgan fingerprint density at radius 3 is 2.61 bits per heavy atom. The third-order valence-electron chi connectivity index (χ3n) is 3.94. The van der Waals surface area contributed by atoms with Crippen LogP contribution in [0.25, 0.3) is 0 Å². The molecule has 1 aromatic heterocycles. The summed E-state index contributed by atoms with van der Waals surface area (Å²) >= 11 is 0. The van der Waals surface area contributed by atoms with Gasteiger partial charge in [-0.25, -0.2) is 9.18 Å². The third kappa shape index (κ3) is 4.76. The smallest absolute Gasteiger partial charge is 0.400 e. The molecule has 1 heterocycles. The van der Waals surface area contributed by atoms with Gasteiger partial charge < -0.3 is 19.7 Å². The Labute approximate surface area is 161 Å². The molecule has 0 aliphatic rings.